The van der Waals surface area contributed by atoms with Gasteiger partial charge in [0.15, 0.2) is 0 Å². The number of hydrogen-bond acceptors (Lipinski definition) is 6. The summed E-state index contributed by atoms with van der Waals surface area (Å²) >= 11 is 0. The highest BCUT2D eigenvalue weighted by Gasteiger charge is 2.51. The molecule has 9 nitrogen and oxygen atoms in total. The summed E-state index contributed by atoms with van der Waals surface area (Å²) in [5.41, 5.74) is -1.03. The molecular formula is C23H37N3O6. The quantitative estimate of drug-likeness (QED) is 0.618. The van der Waals surface area contributed by atoms with Gasteiger partial charge in [-0.2, -0.15) is 0 Å². The molecule has 0 radical (unpaired) electrons. The summed E-state index contributed by atoms with van der Waals surface area (Å²) in [5, 5.41) is 5.72. The molecule has 3 aliphatic rings. The van der Waals surface area contributed by atoms with Crippen LogP contribution in [-0.4, -0.2) is 65.7 Å². The van der Waals surface area contributed by atoms with Crippen LogP contribution in [0.4, 0.5) is 4.79 Å². The average molecular weight is 452 g/mol. The Hall–Kier alpha value is -2.32. The molecule has 3 amide bonds. The fourth-order valence-corrected chi connectivity index (χ4v) is 5.43. The maximum Gasteiger partial charge on any atom is 0.410 e. The topological polar surface area (TPSA) is 114 Å². The minimum atomic E-state index is -0.960. The number of nitrogens with one attached hydrogen (secondary N) is 2. The minimum absolute atomic E-state index is 0.0366. The number of amides is 3. The second-order valence-electron chi connectivity index (χ2n) is 11.0. The van der Waals surface area contributed by atoms with Crippen molar-refractivity contribution in [1.29, 1.82) is 0 Å². The normalized spacial score (nSPS) is 29.8. The number of carbonyl (C=O) groups is 4. The molecule has 2 aliphatic heterocycles. The van der Waals surface area contributed by atoms with Crippen molar-refractivity contribution in [3.63, 3.8) is 0 Å². The first-order valence-electron chi connectivity index (χ1n) is 11.5. The molecule has 0 aromatic rings. The van der Waals surface area contributed by atoms with E-state index < -0.39 is 41.6 Å². The van der Waals surface area contributed by atoms with Crippen LogP contribution in [0.25, 0.3) is 0 Å². The maximum atomic E-state index is 13.4. The summed E-state index contributed by atoms with van der Waals surface area (Å²) < 4.78 is 10.5. The van der Waals surface area contributed by atoms with E-state index in [1.54, 1.807) is 20.8 Å². The number of hydrogen-bond donors (Lipinski definition) is 2. The molecule has 0 spiro atoms. The van der Waals surface area contributed by atoms with Crippen LogP contribution in [0, 0.1) is 17.8 Å². The van der Waals surface area contributed by atoms with Crippen molar-refractivity contribution in [2.75, 3.05) is 13.7 Å². The third kappa shape index (κ3) is 5.35. The van der Waals surface area contributed by atoms with Crippen LogP contribution in [-0.2, 0) is 23.9 Å². The van der Waals surface area contributed by atoms with E-state index in [1.165, 1.54) is 12.0 Å². The van der Waals surface area contributed by atoms with Crippen LogP contribution < -0.4 is 10.6 Å². The van der Waals surface area contributed by atoms with Crippen LogP contribution in [0.3, 0.4) is 0 Å². The van der Waals surface area contributed by atoms with E-state index in [1.807, 2.05) is 13.8 Å². The second-order valence-corrected chi connectivity index (χ2v) is 11.0. The van der Waals surface area contributed by atoms with Gasteiger partial charge in [-0.25, -0.2) is 9.59 Å². The number of carbonyl (C=O) groups excluding carboxylic acids is 4. The number of esters is 1. The number of likely N-dealkylation sites (tertiary alicyclic amines) is 1. The van der Waals surface area contributed by atoms with Crippen molar-refractivity contribution in [3.05, 3.63) is 0 Å². The zero-order chi connectivity index (χ0) is 23.8. The number of nitrogens with zero attached hydrogens (tertiary/aromatic N) is 1. The molecule has 1 unspecified atom stereocenters. The standard InChI is InChI=1S/C23H37N3O6/c1-22(2,3)32-21(30)26-12-13-8-7-9-15(13)17(26)19(28)24-16(20(29)31-6)10-14-11-23(4,5)25-18(14)27/h13-17H,7-12H2,1-6H3,(H,24,28)(H,25,27)/t13-,14+,15-,16?,17-/m0/s1. The zero-order valence-corrected chi connectivity index (χ0v) is 20.0. The highest BCUT2D eigenvalue weighted by Crippen LogP contribution is 2.43. The van der Waals surface area contributed by atoms with Gasteiger partial charge in [-0.05, 0) is 72.1 Å². The Labute approximate surface area is 189 Å². The predicted octanol–water partition coefficient (Wildman–Crippen LogP) is 1.98. The van der Waals surface area contributed by atoms with Crippen LogP contribution >= 0.6 is 0 Å². The smallest absolute Gasteiger partial charge is 0.410 e. The van der Waals surface area contributed by atoms with E-state index >= 15 is 0 Å². The van der Waals surface area contributed by atoms with Crippen molar-refractivity contribution in [2.24, 2.45) is 17.8 Å². The Morgan fingerprint density at radius 1 is 1.25 bits per heavy atom. The number of rotatable bonds is 5. The van der Waals surface area contributed by atoms with Crippen LogP contribution in [0.2, 0.25) is 0 Å². The molecule has 2 N–H and O–H groups in total. The van der Waals surface area contributed by atoms with Gasteiger partial charge in [0.05, 0.1) is 7.11 Å². The Morgan fingerprint density at radius 3 is 2.50 bits per heavy atom. The molecule has 9 heteroatoms. The summed E-state index contributed by atoms with van der Waals surface area (Å²) in [4.78, 5) is 52.6. The van der Waals surface area contributed by atoms with Gasteiger partial charge in [0.1, 0.15) is 17.7 Å². The lowest BCUT2D eigenvalue weighted by atomic mass is 9.90. The lowest BCUT2D eigenvalue weighted by Gasteiger charge is -2.31. The van der Waals surface area contributed by atoms with E-state index in [4.69, 9.17) is 9.47 Å². The molecule has 0 aromatic carbocycles. The Balaban J connectivity index is 1.76. The zero-order valence-electron chi connectivity index (χ0n) is 20.0. The lowest BCUT2D eigenvalue weighted by molar-refractivity contribution is -0.146. The molecule has 2 saturated heterocycles. The Bertz CT molecular complexity index is 774. The molecule has 0 bridgehead atoms. The average Bonchev–Trinajstić information content (AvgIpc) is 3.31. The van der Waals surface area contributed by atoms with E-state index in [0.717, 1.165) is 19.3 Å². The van der Waals surface area contributed by atoms with Gasteiger partial charge in [0.2, 0.25) is 11.8 Å². The van der Waals surface area contributed by atoms with E-state index in [2.05, 4.69) is 10.6 Å². The molecular weight excluding hydrogens is 414 g/mol. The summed E-state index contributed by atoms with van der Waals surface area (Å²) in [7, 11) is 1.26. The largest absolute Gasteiger partial charge is 0.467 e. The molecule has 0 aromatic heterocycles. The van der Waals surface area contributed by atoms with Gasteiger partial charge in [-0.1, -0.05) is 6.42 Å². The SMILES string of the molecule is COC(=O)C(C[C@@H]1CC(C)(C)NC1=O)NC(=O)[C@@H]1[C@H]2CCC[C@H]2CN1C(=O)OC(C)(C)C. The first kappa shape index (κ1) is 24.3. The van der Waals surface area contributed by atoms with E-state index in [9.17, 15) is 19.2 Å². The number of ether oxygens (including phenoxy) is 2. The number of fused-ring (bicyclic) bond motifs is 1. The van der Waals surface area contributed by atoms with Gasteiger partial charge in [0.25, 0.3) is 0 Å². The Morgan fingerprint density at radius 2 is 1.94 bits per heavy atom. The molecule has 32 heavy (non-hydrogen) atoms. The molecule has 180 valence electrons. The first-order chi connectivity index (χ1) is 14.8. The summed E-state index contributed by atoms with van der Waals surface area (Å²) in [6.45, 7) is 9.69. The van der Waals surface area contributed by atoms with E-state index in [0.29, 0.717) is 13.0 Å². The highest BCUT2D eigenvalue weighted by atomic mass is 16.6. The maximum absolute atomic E-state index is 13.4. The van der Waals surface area contributed by atoms with Crippen LogP contribution in [0.15, 0.2) is 0 Å². The van der Waals surface area contributed by atoms with Gasteiger partial charge < -0.3 is 20.1 Å². The molecule has 1 aliphatic carbocycles. The first-order valence-corrected chi connectivity index (χ1v) is 11.5. The molecule has 5 atom stereocenters. The summed E-state index contributed by atoms with van der Waals surface area (Å²) in [6, 6.07) is -1.66. The van der Waals surface area contributed by atoms with Crippen LogP contribution in [0.5, 0.6) is 0 Å². The summed E-state index contributed by atoms with van der Waals surface area (Å²) in [6.07, 6.45) is 3.03. The number of methoxy groups -OCH3 is 1. The predicted molar refractivity (Wildman–Crippen MR) is 116 cm³/mol. The minimum Gasteiger partial charge on any atom is -0.467 e. The van der Waals surface area contributed by atoms with Crippen molar-refractivity contribution in [3.8, 4) is 0 Å². The molecule has 1 saturated carbocycles. The molecule has 3 fully saturated rings. The van der Waals surface area contributed by atoms with E-state index in [-0.39, 0.29) is 29.7 Å². The molecule has 3 rings (SSSR count). The highest BCUT2D eigenvalue weighted by molar-refractivity contribution is 5.91. The lowest BCUT2D eigenvalue weighted by Crippen LogP contribution is -2.54. The monoisotopic (exact) mass is 451 g/mol. The van der Waals surface area contributed by atoms with Crippen molar-refractivity contribution in [1.82, 2.24) is 15.5 Å². The van der Waals surface area contributed by atoms with Crippen LogP contribution in [0.1, 0.15) is 66.7 Å². The third-order valence-corrected chi connectivity index (χ3v) is 6.70. The molecule has 2 heterocycles. The van der Waals surface area contributed by atoms with Gasteiger partial charge in [0, 0.05) is 18.0 Å². The van der Waals surface area contributed by atoms with Crippen molar-refractivity contribution >= 4 is 23.9 Å². The van der Waals surface area contributed by atoms with Crippen molar-refractivity contribution in [2.45, 2.75) is 89.9 Å². The summed E-state index contributed by atoms with van der Waals surface area (Å²) in [5.74, 6) is -1.24. The van der Waals surface area contributed by atoms with Crippen molar-refractivity contribution < 1.29 is 28.7 Å². The Kier molecular flexibility index (Phi) is 6.77. The fraction of sp³-hybridized carbons (Fsp3) is 0.826. The third-order valence-electron chi connectivity index (χ3n) is 6.70. The second kappa shape index (κ2) is 8.90. The van der Waals surface area contributed by atoms with Gasteiger partial charge in [-0.3, -0.25) is 14.5 Å². The fourth-order valence-electron chi connectivity index (χ4n) is 5.43. The van der Waals surface area contributed by atoms with Gasteiger partial charge >= 0.3 is 12.1 Å². The van der Waals surface area contributed by atoms with Gasteiger partial charge in [-0.15, -0.1) is 0 Å².